The Labute approximate surface area is 253 Å². The highest BCUT2D eigenvalue weighted by atomic mass is 19.1. The highest BCUT2D eigenvalue weighted by molar-refractivity contribution is 6.05. The first-order valence-corrected chi connectivity index (χ1v) is 15.6. The van der Waals surface area contributed by atoms with Crippen LogP contribution >= 0.6 is 0 Å². The summed E-state index contributed by atoms with van der Waals surface area (Å²) in [6.07, 6.45) is 7.87. The van der Waals surface area contributed by atoms with E-state index in [1.165, 1.54) is 31.4 Å². The summed E-state index contributed by atoms with van der Waals surface area (Å²) in [4.78, 5) is 21.3. The number of hydrogen-bond donors (Lipinski definition) is 1. The standard InChI is InChI=1S/C35H42FN3O4/c1-38-18-16-29(22-38)42-34-15-13-28(21-32(34)25-8-11-27(36)12-9-25)37-35(40)26-10-14-33(43-30-17-19-39(23-30)41-2)31(20-26)24-6-4-3-5-7-24/h8-15,20-21,24,29-30H,3-7,16-19,22-23H2,1-2H3,(H,37,40)/t29-,30-/m0/s1. The summed E-state index contributed by atoms with van der Waals surface area (Å²) in [5.74, 6) is 1.52. The van der Waals surface area contributed by atoms with E-state index >= 15 is 0 Å². The van der Waals surface area contributed by atoms with Crippen molar-refractivity contribution in [2.45, 2.75) is 63.1 Å². The van der Waals surface area contributed by atoms with E-state index in [1.807, 2.05) is 41.5 Å². The Morgan fingerprint density at radius 2 is 1.56 bits per heavy atom. The number of amides is 1. The normalized spacial score (nSPS) is 21.7. The molecule has 1 amide bonds. The Morgan fingerprint density at radius 3 is 2.28 bits per heavy atom. The topological polar surface area (TPSA) is 63.3 Å². The first-order chi connectivity index (χ1) is 20.9. The lowest BCUT2D eigenvalue weighted by atomic mass is 9.83. The molecule has 3 aromatic carbocycles. The number of anilines is 1. The van der Waals surface area contributed by atoms with Gasteiger partial charge in [0.05, 0.1) is 13.7 Å². The number of carbonyl (C=O) groups is 1. The van der Waals surface area contributed by atoms with Gasteiger partial charge >= 0.3 is 0 Å². The van der Waals surface area contributed by atoms with E-state index in [0.29, 0.717) is 17.2 Å². The van der Waals surface area contributed by atoms with Crippen LogP contribution in [0.15, 0.2) is 60.7 Å². The zero-order chi connectivity index (χ0) is 29.8. The zero-order valence-corrected chi connectivity index (χ0v) is 25.2. The maximum Gasteiger partial charge on any atom is 0.255 e. The monoisotopic (exact) mass is 587 g/mol. The molecule has 3 aromatic rings. The Kier molecular flexibility index (Phi) is 9.26. The average molecular weight is 588 g/mol. The second-order valence-electron chi connectivity index (χ2n) is 12.1. The molecule has 2 atom stereocenters. The first kappa shape index (κ1) is 29.6. The van der Waals surface area contributed by atoms with Crippen LogP contribution in [0.5, 0.6) is 11.5 Å². The largest absolute Gasteiger partial charge is 0.489 e. The molecule has 0 spiro atoms. The third kappa shape index (κ3) is 7.20. The van der Waals surface area contributed by atoms with Crippen LogP contribution in [0.25, 0.3) is 11.1 Å². The number of nitrogens with one attached hydrogen (secondary N) is 1. The number of nitrogens with zero attached hydrogens (tertiary/aromatic N) is 2. The van der Waals surface area contributed by atoms with Gasteiger partial charge in [-0.25, -0.2) is 4.39 Å². The van der Waals surface area contributed by atoms with Crippen LogP contribution in [0.2, 0.25) is 0 Å². The highest BCUT2D eigenvalue weighted by Gasteiger charge is 2.28. The van der Waals surface area contributed by atoms with Gasteiger partial charge in [0, 0.05) is 42.9 Å². The predicted molar refractivity (Wildman–Crippen MR) is 166 cm³/mol. The smallest absolute Gasteiger partial charge is 0.255 e. The zero-order valence-electron chi connectivity index (χ0n) is 25.2. The molecular formula is C35H42FN3O4. The van der Waals surface area contributed by atoms with E-state index in [0.717, 1.165) is 80.1 Å². The molecule has 6 rings (SSSR count). The van der Waals surface area contributed by atoms with Gasteiger partial charge in [0.2, 0.25) is 0 Å². The van der Waals surface area contributed by atoms with E-state index in [4.69, 9.17) is 14.3 Å². The summed E-state index contributed by atoms with van der Waals surface area (Å²) in [7, 11) is 3.78. The number of likely N-dealkylation sites (N-methyl/N-ethyl adjacent to an activating group) is 1. The van der Waals surface area contributed by atoms with Crippen molar-refractivity contribution in [3.8, 4) is 22.6 Å². The van der Waals surface area contributed by atoms with Crippen LogP contribution < -0.4 is 14.8 Å². The fourth-order valence-electron chi connectivity index (χ4n) is 6.61. The molecule has 1 saturated carbocycles. The summed E-state index contributed by atoms with van der Waals surface area (Å²) < 4.78 is 26.6. The van der Waals surface area contributed by atoms with Crippen molar-refractivity contribution in [1.29, 1.82) is 0 Å². The molecule has 0 unspecified atom stereocenters. The second-order valence-corrected chi connectivity index (χ2v) is 12.1. The third-order valence-electron chi connectivity index (χ3n) is 9.01. The molecule has 8 heteroatoms. The maximum atomic E-state index is 13.7. The fourth-order valence-corrected chi connectivity index (χ4v) is 6.61. The van der Waals surface area contributed by atoms with Crippen molar-refractivity contribution >= 4 is 11.6 Å². The van der Waals surface area contributed by atoms with E-state index in [9.17, 15) is 9.18 Å². The number of benzene rings is 3. The quantitative estimate of drug-likeness (QED) is 0.294. The van der Waals surface area contributed by atoms with Gasteiger partial charge in [-0.1, -0.05) is 31.4 Å². The average Bonchev–Trinajstić information content (AvgIpc) is 3.67. The van der Waals surface area contributed by atoms with Gasteiger partial charge in [-0.15, -0.1) is 0 Å². The molecular weight excluding hydrogens is 545 g/mol. The van der Waals surface area contributed by atoms with Gasteiger partial charge in [0.15, 0.2) is 0 Å². The van der Waals surface area contributed by atoms with E-state index in [-0.39, 0.29) is 23.9 Å². The van der Waals surface area contributed by atoms with Crippen molar-refractivity contribution in [3.63, 3.8) is 0 Å². The molecule has 43 heavy (non-hydrogen) atoms. The first-order valence-electron chi connectivity index (χ1n) is 15.6. The molecule has 1 N–H and O–H groups in total. The summed E-state index contributed by atoms with van der Waals surface area (Å²) in [5, 5.41) is 5.03. The lowest BCUT2D eigenvalue weighted by Gasteiger charge is -2.26. The third-order valence-corrected chi connectivity index (χ3v) is 9.01. The van der Waals surface area contributed by atoms with Crippen molar-refractivity contribution in [1.82, 2.24) is 9.96 Å². The van der Waals surface area contributed by atoms with E-state index in [1.54, 1.807) is 19.2 Å². The number of ether oxygens (including phenoxy) is 2. The minimum atomic E-state index is -0.293. The van der Waals surface area contributed by atoms with Crippen molar-refractivity contribution in [2.75, 3.05) is 45.7 Å². The van der Waals surface area contributed by atoms with Crippen LogP contribution in [-0.4, -0.2) is 68.4 Å². The van der Waals surface area contributed by atoms with Gasteiger partial charge in [-0.3, -0.25) is 4.79 Å². The lowest BCUT2D eigenvalue weighted by molar-refractivity contribution is -0.117. The highest BCUT2D eigenvalue weighted by Crippen LogP contribution is 2.39. The summed E-state index contributed by atoms with van der Waals surface area (Å²) >= 11 is 0. The summed E-state index contributed by atoms with van der Waals surface area (Å²) in [6, 6.07) is 17.9. The second kappa shape index (κ2) is 13.5. The molecule has 0 aromatic heterocycles. The summed E-state index contributed by atoms with van der Waals surface area (Å²) in [5.41, 5.74) is 4.04. The number of hydroxylamine groups is 2. The number of hydrogen-bond acceptors (Lipinski definition) is 6. The van der Waals surface area contributed by atoms with Crippen LogP contribution in [0, 0.1) is 5.82 Å². The maximum absolute atomic E-state index is 13.7. The molecule has 2 saturated heterocycles. The minimum Gasteiger partial charge on any atom is -0.489 e. The lowest BCUT2D eigenvalue weighted by Crippen LogP contribution is -2.24. The van der Waals surface area contributed by atoms with Crippen LogP contribution in [0.1, 0.15) is 66.8 Å². The van der Waals surface area contributed by atoms with E-state index < -0.39 is 0 Å². The SMILES string of the molecule is CON1CC[C@H](Oc2ccc(C(=O)Nc3ccc(O[C@H]4CCN(C)C4)c(-c4ccc(F)cc4)c3)cc2C2CCCCC2)C1. The molecule has 0 bridgehead atoms. The van der Waals surface area contributed by atoms with Crippen molar-refractivity contribution in [3.05, 3.63) is 77.6 Å². The molecule has 0 radical (unpaired) electrons. The molecule has 2 heterocycles. The molecule has 2 aliphatic heterocycles. The predicted octanol–water partition coefficient (Wildman–Crippen LogP) is 6.89. The minimum absolute atomic E-state index is 0.0669. The number of carbonyl (C=O) groups excluding carboxylic acids is 1. The Hall–Kier alpha value is -3.46. The Morgan fingerprint density at radius 1 is 0.837 bits per heavy atom. The van der Waals surface area contributed by atoms with Crippen molar-refractivity contribution in [2.24, 2.45) is 0 Å². The van der Waals surface area contributed by atoms with Crippen LogP contribution in [0.3, 0.4) is 0 Å². The molecule has 3 aliphatic rings. The van der Waals surface area contributed by atoms with Gasteiger partial charge in [0.1, 0.15) is 29.5 Å². The number of halogens is 1. The van der Waals surface area contributed by atoms with E-state index in [2.05, 4.69) is 17.3 Å². The molecule has 7 nitrogen and oxygen atoms in total. The number of rotatable bonds is 9. The van der Waals surface area contributed by atoms with Gasteiger partial charge < -0.3 is 24.5 Å². The van der Waals surface area contributed by atoms with Crippen LogP contribution in [-0.2, 0) is 4.84 Å². The fraction of sp³-hybridized carbons (Fsp3) is 0.457. The van der Waals surface area contributed by atoms with Crippen molar-refractivity contribution < 1.29 is 23.5 Å². The molecule has 228 valence electrons. The Balaban J connectivity index is 1.24. The van der Waals surface area contributed by atoms with Gasteiger partial charge in [-0.05, 0) is 91.9 Å². The molecule has 3 fully saturated rings. The molecule has 1 aliphatic carbocycles. The number of likely N-dealkylation sites (tertiary alicyclic amines) is 1. The Bertz CT molecular complexity index is 1410. The summed E-state index contributed by atoms with van der Waals surface area (Å²) in [6.45, 7) is 3.43. The van der Waals surface area contributed by atoms with Crippen LogP contribution in [0.4, 0.5) is 10.1 Å². The van der Waals surface area contributed by atoms with Gasteiger partial charge in [-0.2, -0.15) is 5.06 Å². The van der Waals surface area contributed by atoms with Gasteiger partial charge in [0.25, 0.3) is 5.91 Å².